The largest absolute Gasteiger partial charge is 0.449 e. The van der Waals surface area contributed by atoms with Crippen molar-refractivity contribution in [1.82, 2.24) is 15.2 Å². The number of hydrogen-bond donors (Lipinski definition) is 0. The summed E-state index contributed by atoms with van der Waals surface area (Å²) < 4.78 is 11.6. The van der Waals surface area contributed by atoms with E-state index in [9.17, 15) is 4.79 Å². The Kier molecular flexibility index (Phi) is 4.54. The van der Waals surface area contributed by atoms with Gasteiger partial charge in [-0.1, -0.05) is 35.9 Å². The molecule has 1 aliphatic carbocycles. The summed E-state index contributed by atoms with van der Waals surface area (Å²) in [5.74, 6) is 0.302. The second-order valence-corrected chi connectivity index (χ2v) is 7.65. The molecule has 150 valence electrons. The van der Waals surface area contributed by atoms with E-state index in [2.05, 4.69) is 10.2 Å². The van der Waals surface area contributed by atoms with Crippen molar-refractivity contribution in [3.05, 3.63) is 76.8 Å². The van der Waals surface area contributed by atoms with Gasteiger partial charge in [0.2, 0.25) is 5.89 Å². The number of pyridine rings is 1. The predicted molar refractivity (Wildman–Crippen MR) is 112 cm³/mol. The summed E-state index contributed by atoms with van der Waals surface area (Å²) in [5.41, 5.74) is 5.36. The van der Waals surface area contributed by atoms with Crippen molar-refractivity contribution in [2.75, 3.05) is 0 Å². The highest BCUT2D eigenvalue weighted by molar-refractivity contribution is 6.05. The summed E-state index contributed by atoms with van der Waals surface area (Å²) in [5, 5.41) is 9.04. The van der Waals surface area contributed by atoms with Crippen molar-refractivity contribution >= 4 is 16.9 Å². The first-order valence-corrected chi connectivity index (χ1v) is 10.1. The van der Waals surface area contributed by atoms with E-state index in [0.717, 1.165) is 52.5 Å². The number of carbonyl (C=O) groups excluding carboxylic acids is 1. The highest BCUT2D eigenvalue weighted by atomic mass is 16.6. The fourth-order valence-electron chi connectivity index (χ4n) is 4.01. The first-order valence-electron chi connectivity index (χ1n) is 10.1. The van der Waals surface area contributed by atoms with Crippen LogP contribution < -0.4 is 0 Å². The average Bonchev–Trinajstić information content (AvgIpc) is 3.41. The molecule has 1 atom stereocenters. The molecule has 0 amide bonds. The van der Waals surface area contributed by atoms with Crippen LogP contribution in [-0.4, -0.2) is 21.2 Å². The lowest BCUT2D eigenvalue weighted by Gasteiger charge is -2.14. The van der Waals surface area contributed by atoms with Gasteiger partial charge in [-0.25, -0.2) is 4.79 Å². The van der Waals surface area contributed by atoms with Gasteiger partial charge >= 0.3 is 5.97 Å². The van der Waals surface area contributed by atoms with Crippen LogP contribution in [0.3, 0.4) is 0 Å². The van der Waals surface area contributed by atoms with E-state index in [1.165, 1.54) is 0 Å². The number of rotatable bonds is 4. The molecule has 2 aromatic heterocycles. The second kappa shape index (κ2) is 7.37. The van der Waals surface area contributed by atoms with Gasteiger partial charge in [-0.2, -0.15) is 0 Å². The van der Waals surface area contributed by atoms with Gasteiger partial charge in [0.25, 0.3) is 5.89 Å². The molecule has 2 aromatic carbocycles. The molecule has 0 N–H and O–H groups in total. The summed E-state index contributed by atoms with van der Waals surface area (Å²) >= 11 is 0. The SMILES string of the molecule is Cc1cccc(-c2nnc(C(C)OC(=O)c3c4c(nc5ccccc35)CCC4)o2)c1. The number of esters is 1. The molecule has 1 unspecified atom stereocenters. The van der Waals surface area contributed by atoms with E-state index < -0.39 is 6.10 Å². The maximum Gasteiger partial charge on any atom is 0.339 e. The van der Waals surface area contributed by atoms with Gasteiger partial charge in [0.15, 0.2) is 6.10 Å². The van der Waals surface area contributed by atoms with E-state index in [0.29, 0.717) is 11.5 Å². The summed E-state index contributed by atoms with van der Waals surface area (Å²) in [7, 11) is 0. The lowest BCUT2D eigenvalue weighted by molar-refractivity contribution is 0.0281. The van der Waals surface area contributed by atoms with Crippen molar-refractivity contribution in [1.29, 1.82) is 0 Å². The van der Waals surface area contributed by atoms with Crippen LogP contribution >= 0.6 is 0 Å². The number of carbonyl (C=O) groups is 1. The Morgan fingerprint density at radius 2 is 1.97 bits per heavy atom. The highest BCUT2D eigenvalue weighted by Crippen LogP contribution is 2.32. The van der Waals surface area contributed by atoms with Crippen LogP contribution in [-0.2, 0) is 17.6 Å². The van der Waals surface area contributed by atoms with Crippen LogP contribution in [0.15, 0.2) is 52.9 Å². The summed E-state index contributed by atoms with van der Waals surface area (Å²) in [6.45, 7) is 3.75. The number of benzene rings is 2. The summed E-state index contributed by atoms with van der Waals surface area (Å²) in [4.78, 5) is 17.9. The minimum absolute atomic E-state index is 0.273. The number of para-hydroxylation sites is 1. The Labute approximate surface area is 173 Å². The molecule has 4 aromatic rings. The molecular formula is C24H21N3O3. The van der Waals surface area contributed by atoms with Crippen molar-refractivity contribution in [2.24, 2.45) is 0 Å². The molecule has 0 saturated carbocycles. The first kappa shape index (κ1) is 18.5. The fourth-order valence-corrected chi connectivity index (χ4v) is 4.01. The molecule has 0 saturated heterocycles. The van der Waals surface area contributed by atoms with Gasteiger partial charge in [0.1, 0.15) is 0 Å². The Balaban J connectivity index is 1.44. The van der Waals surface area contributed by atoms with Gasteiger partial charge in [-0.3, -0.25) is 4.98 Å². The quantitative estimate of drug-likeness (QED) is 0.449. The van der Waals surface area contributed by atoms with E-state index >= 15 is 0 Å². The lowest BCUT2D eigenvalue weighted by atomic mass is 10.0. The van der Waals surface area contributed by atoms with Crippen molar-refractivity contribution in [3.63, 3.8) is 0 Å². The van der Waals surface area contributed by atoms with E-state index in [4.69, 9.17) is 14.1 Å². The predicted octanol–water partition coefficient (Wildman–Crippen LogP) is 5.00. The third-order valence-corrected chi connectivity index (χ3v) is 5.46. The normalized spacial score (nSPS) is 13.9. The first-order chi connectivity index (χ1) is 14.6. The number of hydrogen-bond acceptors (Lipinski definition) is 6. The van der Waals surface area contributed by atoms with Gasteiger partial charge in [0, 0.05) is 16.6 Å². The number of aromatic nitrogens is 3. The molecule has 0 spiro atoms. The zero-order valence-electron chi connectivity index (χ0n) is 16.9. The number of fused-ring (bicyclic) bond motifs is 2. The molecule has 6 nitrogen and oxygen atoms in total. The molecule has 5 rings (SSSR count). The maximum absolute atomic E-state index is 13.2. The van der Waals surface area contributed by atoms with Crippen molar-refractivity contribution in [2.45, 2.75) is 39.2 Å². The molecule has 2 heterocycles. The van der Waals surface area contributed by atoms with Crippen LogP contribution in [0.4, 0.5) is 0 Å². The van der Waals surface area contributed by atoms with Gasteiger partial charge < -0.3 is 9.15 Å². The zero-order chi connectivity index (χ0) is 20.7. The standard InChI is InChI=1S/C24H21N3O3/c1-14-7-5-8-16(13-14)23-27-26-22(30-23)15(2)29-24(28)21-17-9-3-4-11-19(17)25-20-12-6-10-18(20)21/h3-5,7-9,11,13,15H,6,10,12H2,1-2H3. The molecule has 6 heteroatoms. The Hall–Kier alpha value is -3.54. The van der Waals surface area contributed by atoms with E-state index in [1.54, 1.807) is 6.92 Å². The smallest absolute Gasteiger partial charge is 0.339 e. The summed E-state index contributed by atoms with van der Waals surface area (Å²) in [6, 6.07) is 15.5. The minimum atomic E-state index is -0.660. The third-order valence-electron chi connectivity index (χ3n) is 5.46. The highest BCUT2D eigenvalue weighted by Gasteiger charge is 2.27. The topological polar surface area (TPSA) is 78.1 Å². The maximum atomic E-state index is 13.2. The fraction of sp³-hybridized carbons (Fsp3) is 0.250. The Morgan fingerprint density at radius 3 is 2.83 bits per heavy atom. The van der Waals surface area contributed by atoms with Crippen LogP contribution in [0.5, 0.6) is 0 Å². The zero-order valence-corrected chi connectivity index (χ0v) is 16.9. The average molecular weight is 399 g/mol. The molecule has 0 aliphatic heterocycles. The van der Waals surface area contributed by atoms with Gasteiger partial charge in [0.05, 0.1) is 11.1 Å². The number of aryl methyl sites for hydroxylation is 2. The van der Waals surface area contributed by atoms with E-state index in [-0.39, 0.29) is 11.9 Å². The monoisotopic (exact) mass is 399 g/mol. The van der Waals surface area contributed by atoms with Crippen LogP contribution in [0, 0.1) is 6.92 Å². The van der Waals surface area contributed by atoms with Crippen LogP contribution in [0.1, 0.15) is 52.5 Å². The molecule has 1 aliphatic rings. The summed E-state index contributed by atoms with van der Waals surface area (Å²) in [6.07, 6.45) is 2.06. The molecule has 30 heavy (non-hydrogen) atoms. The van der Waals surface area contributed by atoms with Gasteiger partial charge in [-0.05, 0) is 56.9 Å². The third kappa shape index (κ3) is 3.24. The number of ether oxygens (including phenoxy) is 1. The Morgan fingerprint density at radius 1 is 1.10 bits per heavy atom. The molecule has 0 bridgehead atoms. The van der Waals surface area contributed by atoms with E-state index in [1.807, 2.05) is 55.5 Å². The minimum Gasteiger partial charge on any atom is -0.449 e. The van der Waals surface area contributed by atoms with Crippen molar-refractivity contribution < 1.29 is 13.9 Å². The number of nitrogens with zero attached hydrogens (tertiary/aromatic N) is 3. The van der Waals surface area contributed by atoms with Crippen molar-refractivity contribution in [3.8, 4) is 11.5 Å². The Bertz CT molecular complexity index is 1260. The molecule has 0 fully saturated rings. The molecular weight excluding hydrogens is 378 g/mol. The van der Waals surface area contributed by atoms with Crippen LogP contribution in [0.2, 0.25) is 0 Å². The lowest BCUT2D eigenvalue weighted by Crippen LogP contribution is -2.13. The second-order valence-electron chi connectivity index (χ2n) is 7.65. The van der Waals surface area contributed by atoms with Crippen LogP contribution in [0.25, 0.3) is 22.4 Å². The van der Waals surface area contributed by atoms with Gasteiger partial charge in [-0.15, -0.1) is 10.2 Å². The molecule has 0 radical (unpaired) electrons.